The van der Waals surface area contributed by atoms with Gasteiger partial charge in [0.25, 0.3) is 11.6 Å². The molecule has 24 heavy (non-hydrogen) atoms. The van der Waals surface area contributed by atoms with E-state index in [0.29, 0.717) is 18.9 Å². The molecule has 0 saturated heterocycles. The number of halogens is 2. The first kappa shape index (κ1) is 17.7. The molecule has 1 amide bonds. The van der Waals surface area contributed by atoms with Crippen molar-refractivity contribution in [2.45, 2.75) is 6.42 Å². The Bertz CT molecular complexity index is 742. The van der Waals surface area contributed by atoms with E-state index in [1.54, 1.807) is 12.4 Å². The van der Waals surface area contributed by atoms with E-state index < -0.39 is 16.6 Å². The smallest absolute Gasteiger partial charge is 0.270 e. The van der Waals surface area contributed by atoms with Gasteiger partial charge in [0.2, 0.25) is 5.95 Å². The fourth-order valence-corrected chi connectivity index (χ4v) is 1.99. The normalized spacial score (nSPS) is 10.2. The molecule has 8 nitrogen and oxygen atoms in total. The number of rotatable bonds is 7. The van der Waals surface area contributed by atoms with Crippen LogP contribution in [0.1, 0.15) is 16.8 Å². The summed E-state index contributed by atoms with van der Waals surface area (Å²) in [6.45, 7) is 0.768. The van der Waals surface area contributed by atoms with Gasteiger partial charge in [-0.1, -0.05) is 0 Å². The van der Waals surface area contributed by atoms with Crippen molar-refractivity contribution in [1.82, 2.24) is 15.3 Å². The van der Waals surface area contributed by atoms with Gasteiger partial charge in [0.05, 0.1) is 15.0 Å². The second-order valence-electron chi connectivity index (χ2n) is 4.68. The van der Waals surface area contributed by atoms with Crippen molar-refractivity contribution in [3.63, 3.8) is 0 Å². The number of nitrogens with zero attached hydrogens (tertiary/aromatic N) is 3. The van der Waals surface area contributed by atoms with Crippen LogP contribution in [-0.4, -0.2) is 33.9 Å². The minimum atomic E-state index is -0.806. The Hall–Kier alpha value is -2.62. The van der Waals surface area contributed by atoms with Crippen molar-refractivity contribution in [3.8, 4) is 0 Å². The first-order chi connectivity index (χ1) is 11.5. The molecule has 0 aliphatic rings. The number of benzene rings is 1. The molecule has 2 aromatic rings. The van der Waals surface area contributed by atoms with Crippen LogP contribution in [0, 0.1) is 15.9 Å². The predicted octanol–water partition coefficient (Wildman–Crippen LogP) is 2.52. The molecule has 0 atom stereocenters. The standard InChI is InChI=1S/C14H13BrFN5O3/c15-9-7-19-14(20-8-9)18-5-1-4-17-13(22)11-6-10(21(23)24)2-3-12(11)16/h2-3,6-8H,1,4-5H2,(H,17,22)(H,18,19,20). The molecule has 0 unspecified atom stereocenters. The lowest BCUT2D eigenvalue weighted by Gasteiger charge is -2.07. The fourth-order valence-electron chi connectivity index (χ4n) is 1.79. The third kappa shape index (κ3) is 4.95. The lowest BCUT2D eigenvalue weighted by Crippen LogP contribution is -2.26. The summed E-state index contributed by atoms with van der Waals surface area (Å²) in [5.41, 5.74) is -0.691. The SMILES string of the molecule is O=C(NCCCNc1ncc(Br)cn1)c1cc([N+](=O)[O-])ccc1F. The second kappa shape index (κ2) is 8.29. The van der Waals surface area contributed by atoms with Crippen molar-refractivity contribution in [2.75, 3.05) is 18.4 Å². The molecule has 0 aliphatic carbocycles. The maximum atomic E-state index is 13.6. The number of nitro groups is 1. The molecule has 0 spiro atoms. The van der Waals surface area contributed by atoms with Gasteiger partial charge in [-0.3, -0.25) is 14.9 Å². The van der Waals surface area contributed by atoms with Gasteiger partial charge in [-0.05, 0) is 28.4 Å². The molecule has 0 saturated carbocycles. The Morgan fingerprint density at radius 1 is 1.29 bits per heavy atom. The summed E-state index contributed by atoms with van der Waals surface area (Å²) < 4.78 is 14.4. The summed E-state index contributed by atoms with van der Waals surface area (Å²) in [7, 11) is 0. The fraction of sp³-hybridized carbons (Fsp3) is 0.214. The van der Waals surface area contributed by atoms with Gasteiger partial charge in [-0.15, -0.1) is 0 Å². The van der Waals surface area contributed by atoms with E-state index in [-0.39, 0.29) is 17.8 Å². The summed E-state index contributed by atoms with van der Waals surface area (Å²) in [6.07, 6.45) is 3.74. The van der Waals surface area contributed by atoms with Crippen LogP contribution in [-0.2, 0) is 0 Å². The van der Waals surface area contributed by atoms with Crippen LogP contribution in [0.3, 0.4) is 0 Å². The van der Waals surface area contributed by atoms with E-state index in [1.165, 1.54) is 0 Å². The maximum absolute atomic E-state index is 13.6. The number of carbonyl (C=O) groups is 1. The lowest BCUT2D eigenvalue weighted by atomic mass is 10.1. The van der Waals surface area contributed by atoms with Gasteiger partial charge in [-0.25, -0.2) is 14.4 Å². The van der Waals surface area contributed by atoms with E-state index in [1.807, 2.05) is 0 Å². The van der Waals surface area contributed by atoms with Gasteiger partial charge in [0.1, 0.15) is 5.82 Å². The third-order valence-corrected chi connectivity index (χ3v) is 3.36. The number of carbonyl (C=O) groups excluding carboxylic acids is 1. The molecule has 0 aliphatic heterocycles. The summed E-state index contributed by atoms with van der Waals surface area (Å²) in [5, 5.41) is 16.1. The Balaban J connectivity index is 1.80. The summed E-state index contributed by atoms with van der Waals surface area (Å²) in [4.78, 5) is 29.9. The van der Waals surface area contributed by atoms with Gasteiger partial charge in [0.15, 0.2) is 0 Å². The second-order valence-corrected chi connectivity index (χ2v) is 5.60. The van der Waals surface area contributed by atoms with E-state index in [9.17, 15) is 19.3 Å². The van der Waals surface area contributed by atoms with Gasteiger partial charge >= 0.3 is 0 Å². The van der Waals surface area contributed by atoms with E-state index in [4.69, 9.17) is 0 Å². The molecule has 2 N–H and O–H groups in total. The number of nitrogens with one attached hydrogen (secondary N) is 2. The minimum absolute atomic E-state index is 0.268. The Kier molecular flexibility index (Phi) is 6.13. The van der Waals surface area contributed by atoms with Crippen molar-refractivity contribution in [1.29, 1.82) is 0 Å². The average Bonchev–Trinajstić information content (AvgIpc) is 2.56. The van der Waals surface area contributed by atoms with E-state index in [2.05, 4.69) is 36.5 Å². The molecule has 1 aromatic carbocycles. The zero-order valence-corrected chi connectivity index (χ0v) is 13.9. The third-order valence-electron chi connectivity index (χ3n) is 2.95. The Morgan fingerprint density at radius 2 is 2.00 bits per heavy atom. The quantitative estimate of drug-likeness (QED) is 0.421. The van der Waals surface area contributed by atoms with Crippen molar-refractivity contribution in [2.24, 2.45) is 0 Å². The molecule has 1 aromatic heterocycles. The van der Waals surface area contributed by atoms with Crippen LogP contribution < -0.4 is 10.6 Å². The summed E-state index contributed by atoms with van der Waals surface area (Å²) in [6, 6.07) is 2.83. The minimum Gasteiger partial charge on any atom is -0.354 e. The lowest BCUT2D eigenvalue weighted by molar-refractivity contribution is -0.384. The van der Waals surface area contributed by atoms with E-state index >= 15 is 0 Å². The van der Waals surface area contributed by atoms with Crippen molar-refractivity contribution in [3.05, 3.63) is 56.6 Å². The topological polar surface area (TPSA) is 110 Å². The van der Waals surface area contributed by atoms with Gasteiger partial charge in [-0.2, -0.15) is 0 Å². The Morgan fingerprint density at radius 3 is 2.67 bits per heavy atom. The van der Waals surface area contributed by atoms with Crippen LogP contribution in [0.2, 0.25) is 0 Å². The van der Waals surface area contributed by atoms with Crippen molar-refractivity contribution >= 4 is 33.5 Å². The van der Waals surface area contributed by atoms with Crippen LogP contribution in [0.15, 0.2) is 35.1 Å². The average molecular weight is 398 g/mol. The molecular weight excluding hydrogens is 385 g/mol. The van der Waals surface area contributed by atoms with Gasteiger partial charge in [0, 0.05) is 37.6 Å². The number of amides is 1. The Labute approximate surface area is 144 Å². The van der Waals surface area contributed by atoms with Gasteiger partial charge < -0.3 is 10.6 Å². The largest absolute Gasteiger partial charge is 0.354 e. The number of nitro benzene ring substituents is 1. The van der Waals surface area contributed by atoms with E-state index in [0.717, 1.165) is 22.7 Å². The van der Waals surface area contributed by atoms with Crippen LogP contribution in [0.25, 0.3) is 0 Å². The number of hydrogen-bond donors (Lipinski definition) is 2. The molecule has 0 bridgehead atoms. The highest BCUT2D eigenvalue weighted by molar-refractivity contribution is 9.10. The molecular formula is C14H13BrFN5O3. The highest BCUT2D eigenvalue weighted by Gasteiger charge is 2.16. The van der Waals surface area contributed by atoms with Crippen molar-refractivity contribution < 1.29 is 14.1 Å². The number of non-ortho nitro benzene ring substituents is 1. The highest BCUT2D eigenvalue weighted by Crippen LogP contribution is 2.16. The molecule has 126 valence electrons. The number of aromatic nitrogens is 2. The monoisotopic (exact) mass is 397 g/mol. The molecule has 10 heteroatoms. The number of anilines is 1. The molecule has 2 rings (SSSR count). The maximum Gasteiger partial charge on any atom is 0.270 e. The first-order valence-electron chi connectivity index (χ1n) is 6.91. The summed E-state index contributed by atoms with van der Waals surface area (Å²) in [5.74, 6) is -1.05. The predicted molar refractivity (Wildman–Crippen MR) is 88.2 cm³/mol. The van der Waals surface area contributed by atoms with Crippen LogP contribution >= 0.6 is 15.9 Å². The molecule has 0 radical (unpaired) electrons. The molecule has 1 heterocycles. The van der Waals surface area contributed by atoms with Crippen LogP contribution in [0.4, 0.5) is 16.0 Å². The van der Waals surface area contributed by atoms with Crippen LogP contribution in [0.5, 0.6) is 0 Å². The first-order valence-corrected chi connectivity index (χ1v) is 7.70. The number of hydrogen-bond acceptors (Lipinski definition) is 6. The molecule has 0 fully saturated rings. The zero-order chi connectivity index (χ0) is 17.5. The zero-order valence-electron chi connectivity index (χ0n) is 12.3. The highest BCUT2D eigenvalue weighted by atomic mass is 79.9. The summed E-state index contributed by atoms with van der Waals surface area (Å²) >= 11 is 3.22.